The van der Waals surface area contributed by atoms with E-state index in [1.165, 1.54) is 30.3 Å². The largest absolute Gasteiger partial charge is 0.360 e. The Hall–Kier alpha value is -2.86. The van der Waals surface area contributed by atoms with Crippen molar-refractivity contribution in [2.75, 3.05) is 10.0 Å². The van der Waals surface area contributed by atoms with Crippen LogP contribution in [0.3, 0.4) is 0 Å². The van der Waals surface area contributed by atoms with Crippen molar-refractivity contribution in [3.63, 3.8) is 0 Å². The number of benzene rings is 1. The lowest BCUT2D eigenvalue weighted by Gasteiger charge is -2.06. The molecule has 0 fully saturated rings. The van der Waals surface area contributed by atoms with Crippen LogP contribution < -0.4 is 10.0 Å². The highest BCUT2D eigenvalue weighted by molar-refractivity contribution is 7.92. The summed E-state index contributed by atoms with van der Waals surface area (Å²) in [5, 5.41) is 14.4. The standard InChI is InChI=1S/C13H12N4O4S/c1-9-8-12(16-21-9)17-22(19,20)11-4-2-10(3-5-11)15-13(18)6-7-14/h2-5,8H,6H2,1H3,(H,15,18)(H,16,17). The third kappa shape index (κ3) is 3.83. The maximum Gasteiger partial charge on any atom is 0.263 e. The summed E-state index contributed by atoms with van der Waals surface area (Å²) in [7, 11) is -3.79. The van der Waals surface area contributed by atoms with E-state index >= 15 is 0 Å². The van der Waals surface area contributed by atoms with Crippen molar-refractivity contribution < 1.29 is 17.7 Å². The quantitative estimate of drug-likeness (QED) is 0.862. The van der Waals surface area contributed by atoms with Crippen LogP contribution in [0, 0.1) is 18.3 Å². The van der Waals surface area contributed by atoms with Crippen molar-refractivity contribution in [1.29, 1.82) is 5.26 Å². The Balaban J connectivity index is 2.12. The van der Waals surface area contributed by atoms with Crippen LogP contribution in [0.15, 0.2) is 39.8 Å². The monoisotopic (exact) mass is 320 g/mol. The first-order chi connectivity index (χ1) is 10.4. The molecule has 0 spiro atoms. The maximum atomic E-state index is 12.1. The zero-order chi connectivity index (χ0) is 16.2. The molecular formula is C13H12N4O4S. The van der Waals surface area contributed by atoms with Crippen LogP contribution in [-0.4, -0.2) is 19.5 Å². The summed E-state index contributed by atoms with van der Waals surface area (Å²) in [6.07, 6.45) is -0.271. The number of carbonyl (C=O) groups excluding carboxylic acids is 1. The first-order valence-electron chi connectivity index (χ1n) is 6.14. The van der Waals surface area contributed by atoms with Gasteiger partial charge in [-0.1, -0.05) is 5.16 Å². The molecule has 0 saturated carbocycles. The van der Waals surface area contributed by atoms with Gasteiger partial charge in [-0.15, -0.1) is 0 Å². The highest BCUT2D eigenvalue weighted by Gasteiger charge is 2.16. The van der Waals surface area contributed by atoms with Crippen LogP contribution in [0.5, 0.6) is 0 Å². The summed E-state index contributed by atoms with van der Waals surface area (Å²) in [4.78, 5) is 11.3. The Bertz CT molecular complexity index is 818. The van der Waals surface area contributed by atoms with Gasteiger partial charge in [-0.2, -0.15) is 5.26 Å². The molecule has 0 aliphatic rings. The van der Waals surface area contributed by atoms with E-state index in [0.717, 1.165) is 0 Å². The summed E-state index contributed by atoms with van der Waals surface area (Å²) in [5.41, 5.74) is 0.400. The van der Waals surface area contributed by atoms with Gasteiger partial charge in [-0.3, -0.25) is 9.52 Å². The lowest BCUT2D eigenvalue weighted by atomic mass is 10.3. The van der Waals surface area contributed by atoms with E-state index in [-0.39, 0.29) is 17.1 Å². The zero-order valence-corrected chi connectivity index (χ0v) is 12.3. The molecule has 0 aliphatic heterocycles. The average molecular weight is 320 g/mol. The number of anilines is 2. The summed E-state index contributed by atoms with van der Waals surface area (Å²) >= 11 is 0. The molecule has 1 aromatic carbocycles. The molecule has 0 bridgehead atoms. The molecule has 0 unspecified atom stereocenters. The lowest BCUT2D eigenvalue weighted by molar-refractivity contribution is -0.115. The number of nitriles is 1. The molecule has 1 heterocycles. The number of hydrogen-bond acceptors (Lipinski definition) is 6. The molecule has 2 rings (SSSR count). The average Bonchev–Trinajstić information content (AvgIpc) is 2.84. The van der Waals surface area contributed by atoms with E-state index in [2.05, 4.69) is 15.2 Å². The number of aromatic nitrogens is 1. The van der Waals surface area contributed by atoms with Crippen molar-refractivity contribution in [3.8, 4) is 6.07 Å². The molecule has 2 N–H and O–H groups in total. The van der Waals surface area contributed by atoms with E-state index in [0.29, 0.717) is 11.4 Å². The number of aryl methyl sites for hydroxylation is 1. The Morgan fingerprint density at radius 3 is 2.59 bits per heavy atom. The molecule has 2 aromatic rings. The van der Waals surface area contributed by atoms with Crippen LogP contribution in [0.25, 0.3) is 0 Å². The number of rotatable bonds is 5. The Morgan fingerprint density at radius 1 is 1.36 bits per heavy atom. The fourth-order valence-corrected chi connectivity index (χ4v) is 2.59. The number of nitrogens with zero attached hydrogens (tertiary/aromatic N) is 2. The molecule has 22 heavy (non-hydrogen) atoms. The Morgan fingerprint density at radius 2 is 2.05 bits per heavy atom. The highest BCUT2D eigenvalue weighted by atomic mass is 32.2. The smallest absolute Gasteiger partial charge is 0.263 e. The number of sulfonamides is 1. The zero-order valence-electron chi connectivity index (χ0n) is 11.5. The van der Waals surface area contributed by atoms with Gasteiger partial charge in [0, 0.05) is 11.8 Å². The van der Waals surface area contributed by atoms with Gasteiger partial charge in [-0.25, -0.2) is 8.42 Å². The first-order valence-corrected chi connectivity index (χ1v) is 7.62. The second-order valence-electron chi connectivity index (χ2n) is 4.34. The number of amides is 1. The van der Waals surface area contributed by atoms with E-state index in [1.807, 2.05) is 0 Å². The molecule has 1 amide bonds. The first kappa shape index (κ1) is 15.5. The summed E-state index contributed by atoms with van der Waals surface area (Å²) in [5.74, 6) is 0.103. The molecule has 9 heteroatoms. The van der Waals surface area contributed by atoms with Crippen molar-refractivity contribution >= 4 is 27.4 Å². The van der Waals surface area contributed by atoms with Gasteiger partial charge < -0.3 is 9.84 Å². The number of carbonyl (C=O) groups is 1. The predicted molar refractivity (Wildman–Crippen MR) is 77.4 cm³/mol. The van der Waals surface area contributed by atoms with Crippen molar-refractivity contribution in [2.24, 2.45) is 0 Å². The van der Waals surface area contributed by atoms with E-state index in [1.54, 1.807) is 13.0 Å². The van der Waals surface area contributed by atoms with Gasteiger partial charge >= 0.3 is 0 Å². The van der Waals surface area contributed by atoms with Crippen LogP contribution in [0.2, 0.25) is 0 Å². The molecule has 0 radical (unpaired) electrons. The molecule has 0 saturated heterocycles. The van der Waals surface area contributed by atoms with E-state index < -0.39 is 15.9 Å². The predicted octanol–water partition coefficient (Wildman–Crippen LogP) is 1.64. The molecule has 114 valence electrons. The molecule has 0 atom stereocenters. The van der Waals surface area contributed by atoms with Gasteiger partial charge in [0.15, 0.2) is 5.82 Å². The Kier molecular flexibility index (Phi) is 4.43. The van der Waals surface area contributed by atoms with Gasteiger partial charge in [0.05, 0.1) is 11.0 Å². The van der Waals surface area contributed by atoms with Crippen LogP contribution in [0.1, 0.15) is 12.2 Å². The Labute approximate surface area is 126 Å². The topological polar surface area (TPSA) is 125 Å². The fourth-order valence-electron chi connectivity index (χ4n) is 1.61. The molecule has 8 nitrogen and oxygen atoms in total. The summed E-state index contributed by atoms with van der Waals surface area (Å²) < 4.78 is 31.3. The van der Waals surface area contributed by atoms with E-state index in [9.17, 15) is 13.2 Å². The minimum atomic E-state index is -3.79. The molecular weight excluding hydrogens is 308 g/mol. The van der Waals surface area contributed by atoms with Gasteiger partial charge in [0.25, 0.3) is 10.0 Å². The van der Waals surface area contributed by atoms with Gasteiger partial charge in [-0.05, 0) is 31.2 Å². The maximum absolute atomic E-state index is 12.1. The third-order valence-electron chi connectivity index (χ3n) is 2.55. The van der Waals surface area contributed by atoms with Crippen molar-refractivity contribution in [1.82, 2.24) is 5.16 Å². The molecule has 0 aliphatic carbocycles. The second-order valence-corrected chi connectivity index (χ2v) is 6.02. The summed E-state index contributed by atoms with van der Waals surface area (Å²) in [6.45, 7) is 1.64. The minimum absolute atomic E-state index is 0.00596. The highest BCUT2D eigenvalue weighted by Crippen LogP contribution is 2.18. The minimum Gasteiger partial charge on any atom is -0.360 e. The van der Waals surface area contributed by atoms with Gasteiger partial charge in [0.1, 0.15) is 12.2 Å². The van der Waals surface area contributed by atoms with Crippen molar-refractivity contribution in [2.45, 2.75) is 18.2 Å². The van der Waals surface area contributed by atoms with Crippen LogP contribution in [-0.2, 0) is 14.8 Å². The number of hydrogen-bond donors (Lipinski definition) is 2. The van der Waals surface area contributed by atoms with E-state index in [4.69, 9.17) is 9.78 Å². The number of nitrogens with one attached hydrogen (secondary N) is 2. The van der Waals surface area contributed by atoms with Crippen molar-refractivity contribution in [3.05, 3.63) is 36.1 Å². The second kappa shape index (κ2) is 6.28. The normalized spacial score (nSPS) is 10.7. The molecule has 1 aromatic heterocycles. The lowest BCUT2D eigenvalue weighted by Crippen LogP contribution is -2.14. The SMILES string of the molecule is Cc1cc(NS(=O)(=O)c2ccc(NC(=O)CC#N)cc2)no1. The third-order valence-corrected chi connectivity index (χ3v) is 3.93. The van der Waals surface area contributed by atoms with Crippen LogP contribution in [0.4, 0.5) is 11.5 Å². The summed E-state index contributed by atoms with van der Waals surface area (Å²) in [6, 6.07) is 8.69. The van der Waals surface area contributed by atoms with Crippen LogP contribution >= 0.6 is 0 Å². The van der Waals surface area contributed by atoms with Gasteiger partial charge in [0.2, 0.25) is 5.91 Å². The fraction of sp³-hybridized carbons (Fsp3) is 0.154.